The molecule has 0 saturated heterocycles. The summed E-state index contributed by atoms with van der Waals surface area (Å²) in [7, 11) is 1.32. The van der Waals surface area contributed by atoms with Crippen LogP contribution < -0.4 is 5.73 Å². The highest BCUT2D eigenvalue weighted by Crippen LogP contribution is 2.33. The average molecular weight is 241 g/mol. The third-order valence-corrected chi connectivity index (χ3v) is 2.99. The van der Waals surface area contributed by atoms with Gasteiger partial charge in [0.1, 0.15) is 5.58 Å². The van der Waals surface area contributed by atoms with E-state index < -0.39 is 5.97 Å². The lowest BCUT2D eigenvalue weighted by atomic mass is 10.1. The summed E-state index contributed by atoms with van der Waals surface area (Å²) in [6.45, 7) is 0. The molecule has 0 spiro atoms. The maximum atomic E-state index is 11.5. The molecule has 90 valence electrons. The number of benzene rings is 2. The van der Waals surface area contributed by atoms with Crippen molar-refractivity contribution in [2.75, 3.05) is 12.8 Å². The minimum absolute atomic E-state index is 0.315. The second-order valence-corrected chi connectivity index (χ2v) is 3.99. The topological polar surface area (TPSA) is 65.5 Å². The van der Waals surface area contributed by atoms with Crippen molar-refractivity contribution in [3.63, 3.8) is 0 Å². The van der Waals surface area contributed by atoms with Gasteiger partial charge in [0.15, 0.2) is 5.58 Å². The molecule has 18 heavy (non-hydrogen) atoms. The number of carbonyl (C=O) groups excluding carboxylic acids is 1. The second-order valence-electron chi connectivity index (χ2n) is 3.99. The minimum atomic E-state index is -0.463. The highest BCUT2D eigenvalue weighted by atomic mass is 16.5. The summed E-state index contributed by atoms with van der Waals surface area (Å²) in [6.07, 6.45) is 0. The summed E-state index contributed by atoms with van der Waals surface area (Å²) in [5.74, 6) is -0.463. The number of furan rings is 1. The van der Waals surface area contributed by atoms with Gasteiger partial charge in [-0.3, -0.25) is 0 Å². The first kappa shape index (κ1) is 10.7. The molecule has 0 aliphatic heterocycles. The van der Waals surface area contributed by atoms with Gasteiger partial charge >= 0.3 is 5.97 Å². The fourth-order valence-electron chi connectivity index (χ4n) is 2.10. The number of anilines is 1. The Kier molecular flexibility index (Phi) is 2.23. The van der Waals surface area contributed by atoms with Crippen LogP contribution in [-0.4, -0.2) is 13.1 Å². The number of hydrogen-bond donors (Lipinski definition) is 1. The molecule has 0 atom stereocenters. The summed E-state index contributed by atoms with van der Waals surface area (Å²) < 4.78 is 10.4. The Labute approximate surface area is 103 Å². The predicted octanol–water partition coefficient (Wildman–Crippen LogP) is 2.95. The van der Waals surface area contributed by atoms with Crippen molar-refractivity contribution in [2.24, 2.45) is 0 Å². The van der Waals surface area contributed by atoms with E-state index in [4.69, 9.17) is 10.2 Å². The lowest BCUT2D eigenvalue weighted by Gasteiger charge is -2.03. The average Bonchev–Trinajstić information content (AvgIpc) is 2.78. The number of para-hydroxylation sites is 1. The number of nitrogens with two attached hydrogens (primary N) is 1. The summed E-state index contributed by atoms with van der Waals surface area (Å²) in [4.78, 5) is 11.5. The van der Waals surface area contributed by atoms with Gasteiger partial charge in [-0.25, -0.2) is 4.79 Å². The Morgan fingerprint density at radius 3 is 2.72 bits per heavy atom. The Morgan fingerprint density at radius 2 is 1.94 bits per heavy atom. The van der Waals surface area contributed by atoms with E-state index in [0.717, 1.165) is 16.4 Å². The number of nitrogen functional groups attached to an aromatic ring is 1. The zero-order valence-electron chi connectivity index (χ0n) is 9.77. The summed E-state index contributed by atoms with van der Waals surface area (Å²) in [5, 5.41) is 1.88. The summed E-state index contributed by atoms with van der Waals surface area (Å²) >= 11 is 0. The van der Waals surface area contributed by atoms with Crippen LogP contribution in [0.4, 0.5) is 5.69 Å². The van der Waals surface area contributed by atoms with Gasteiger partial charge in [0.05, 0.1) is 18.4 Å². The molecule has 1 aromatic heterocycles. The monoisotopic (exact) mass is 241 g/mol. The van der Waals surface area contributed by atoms with Crippen molar-refractivity contribution in [2.45, 2.75) is 0 Å². The molecule has 1 heterocycles. The number of rotatable bonds is 1. The highest BCUT2D eigenvalue weighted by Gasteiger charge is 2.16. The minimum Gasteiger partial charge on any atom is -0.465 e. The SMILES string of the molecule is COC(=O)c1ccc2c(oc3ccccc32)c1N. The van der Waals surface area contributed by atoms with Crippen molar-refractivity contribution >= 4 is 33.6 Å². The van der Waals surface area contributed by atoms with E-state index in [1.54, 1.807) is 6.07 Å². The van der Waals surface area contributed by atoms with Gasteiger partial charge in [-0.05, 0) is 18.2 Å². The number of methoxy groups -OCH3 is 1. The van der Waals surface area contributed by atoms with Gasteiger partial charge in [0.25, 0.3) is 0 Å². The highest BCUT2D eigenvalue weighted by molar-refractivity contribution is 6.12. The molecule has 0 unspecified atom stereocenters. The van der Waals surface area contributed by atoms with Crippen LogP contribution in [0.2, 0.25) is 0 Å². The number of esters is 1. The Balaban J connectivity index is 2.39. The fraction of sp³-hybridized carbons (Fsp3) is 0.0714. The molecule has 0 radical (unpaired) electrons. The van der Waals surface area contributed by atoms with Crippen molar-refractivity contribution in [1.82, 2.24) is 0 Å². The molecule has 0 fully saturated rings. The summed E-state index contributed by atoms with van der Waals surface area (Å²) in [5.41, 5.74) is 7.88. The smallest absolute Gasteiger partial charge is 0.340 e. The fourth-order valence-corrected chi connectivity index (χ4v) is 2.10. The molecule has 0 amide bonds. The van der Waals surface area contributed by atoms with Crippen LogP contribution in [0.3, 0.4) is 0 Å². The molecule has 0 aliphatic carbocycles. The molecular formula is C14H11NO3. The molecule has 3 rings (SSSR count). The van der Waals surface area contributed by atoms with E-state index in [9.17, 15) is 4.79 Å². The standard InChI is InChI=1S/C14H11NO3/c1-17-14(16)10-7-6-9-8-4-2-3-5-11(8)18-13(9)12(10)15/h2-7H,15H2,1H3. The van der Waals surface area contributed by atoms with Crippen LogP contribution in [0.15, 0.2) is 40.8 Å². The Hall–Kier alpha value is -2.49. The first-order valence-corrected chi connectivity index (χ1v) is 5.50. The van der Waals surface area contributed by atoms with E-state index in [1.807, 2.05) is 30.3 Å². The van der Waals surface area contributed by atoms with Gasteiger partial charge in [-0.1, -0.05) is 18.2 Å². The van der Waals surface area contributed by atoms with Crippen molar-refractivity contribution in [3.05, 3.63) is 42.0 Å². The maximum absolute atomic E-state index is 11.5. The van der Waals surface area contributed by atoms with E-state index in [-0.39, 0.29) is 0 Å². The van der Waals surface area contributed by atoms with Crippen LogP contribution in [0.5, 0.6) is 0 Å². The molecule has 3 aromatic rings. The van der Waals surface area contributed by atoms with Crippen LogP contribution >= 0.6 is 0 Å². The van der Waals surface area contributed by atoms with E-state index >= 15 is 0 Å². The van der Waals surface area contributed by atoms with Crippen molar-refractivity contribution in [3.8, 4) is 0 Å². The maximum Gasteiger partial charge on any atom is 0.340 e. The van der Waals surface area contributed by atoms with E-state index in [2.05, 4.69) is 4.74 Å². The lowest BCUT2D eigenvalue weighted by Crippen LogP contribution is -2.05. The largest absolute Gasteiger partial charge is 0.465 e. The van der Waals surface area contributed by atoms with Gasteiger partial charge in [-0.2, -0.15) is 0 Å². The zero-order chi connectivity index (χ0) is 12.7. The molecule has 0 saturated carbocycles. The van der Waals surface area contributed by atoms with Gasteiger partial charge in [0.2, 0.25) is 0 Å². The number of carbonyl (C=O) groups is 1. The molecule has 0 bridgehead atoms. The third-order valence-electron chi connectivity index (χ3n) is 2.99. The number of ether oxygens (including phenoxy) is 1. The zero-order valence-corrected chi connectivity index (χ0v) is 9.77. The normalized spacial score (nSPS) is 10.9. The van der Waals surface area contributed by atoms with Crippen LogP contribution in [0, 0.1) is 0 Å². The molecule has 2 aromatic carbocycles. The molecule has 0 aliphatic rings. The van der Waals surface area contributed by atoms with Crippen LogP contribution in [0.25, 0.3) is 21.9 Å². The third kappa shape index (κ3) is 1.35. The number of fused-ring (bicyclic) bond motifs is 3. The lowest BCUT2D eigenvalue weighted by molar-refractivity contribution is 0.0602. The summed E-state index contributed by atoms with van der Waals surface area (Å²) in [6, 6.07) is 11.1. The quantitative estimate of drug-likeness (QED) is 0.525. The van der Waals surface area contributed by atoms with Crippen molar-refractivity contribution in [1.29, 1.82) is 0 Å². The van der Waals surface area contributed by atoms with E-state index in [1.165, 1.54) is 7.11 Å². The first-order chi connectivity index (χ1) is 8.72. The second kappa shape index (κ2) is 3.77. The van der Waals surface area contributed by atoms with Crippen LogP contribution in [0.1, 0.15) is 10.4 Å². The Morgan fingerprint density at radius 1 is 1.17 bits per heavy atom. The van der Waals surface area contributed by atoms with Gasteiger partial charge in [0, 0.05) is 10.8 Å². The van der Waals surface area contributed by atoms with Crippen LogP contribution in [-0.2, 0) is 4.74 Å². The molecule has 4 heteroatoms. The van der Waals surface area contributed by atoms with Crippen molar-refractivity contribution < 1.29 is 13.9 Å². The number of hydrogen-bond acceptors (Lipinski definition) is 4. The van der Waals surface area contributed by atoms with Gasteiger partial charge < -0.3 is 14.9 Å². The Bertz CT molecular complexity index is 758. The molecule has 4 nitrogen and oxygen atoms in total. The molecular weight excluding hydrogens is 230 g/mol. The predicted molar refractivity (Wildman–Crippen MR) is 69.5 cm³/mol. The molecule has 2 N–H and O–H groups in total. The van der Waals surface area contributed by atoms with E-state index in [0.29, 0.717) is 16.8 Å². The first-order valence-electron chi connectivity index (χ1n) is 5.50. The van der Waals surface area contributed by atoms with Gasteiger partial charge in [-0.15, -0.1) is 0 Å².